The first-order valence-electron chi connectivity index (χ1n) is 8.94. The highest BCUT2D eigenvalue weighted by molar-refractivity contribution is 9.11. The Balaban J connectivity index is 0.000000259. The molecule has 0 saturated heterocycles. The van der Waals surface area contributed by atoms with Crippen LogP contribution in [0.2, 0.25) is 0 Å². The summed E-state index contributed by atoms with van der Waals surface area (Å²) in [6.45, 7) is 1.99. The zero-order valence-electron chi connectivity index (χ0n) is 17.2. The van der Waals surface area contributed by atoms with Crippen molar-refractivity contribution in [2.75, 3.05) is 17.2 Å². The molecule has 0 aliphatic rings. The van der Waals surface area contributed by atoms with Gasteiger partial charge >= 0.3 is 12.5 Å². The van der Waals surface area contributed by atoms with Crippen molar-refractivity contribution in [3.63, 3.8) is 0 Å². The highest BCUT2D eigenvalue weighted by atomic mass is 79.9. The van der Waals surface area contributed by atoms with Crippen LogP contribution in [-0.2, 0) is 6.18 Å². The molecule has 3 aromatic carbocycles. The number of anilines is 3. The summed E-state index contributed by atoms with van der Waals surface area (Å²) < 4.78 is 76.7. The van der Waals surface area contributed by atoms with Crippen molar-refractivity contribution in [2.45, 2.75) is 19.5 Å². The molecule has 186 valence electrons. The Morgan fingerprint density at radius 3 is 1.79 bits per heavy atom. The van der Waals surface area contributed by atoms with Crippen molar-refractivity contribution in [1.82, 2.24) is 0 Å². The van der Waals surface area contributed by atoms with Gasteiger partial charge in [-0.3, -0.25) is 0 Å². The summed E-state index contributed by atoms with van der Waals surface area (Å²) in [5, 5.41) is 0. The molecular weight excluding hydrogens is 664 g/mol. The third-order valence-corrected chi connectivity index (χ3v) is 5.68. The predicted octanol–water partition coefficient (Wildman–Crippen LogP) is 8.32. The van der Waals surface area contributed by atoms with Crippen molar-refractivity contribution in [3.8, 4) is 5.75 Å². The highest BCUT2D eigenvalue weighted by Crippen LogP contribution is 2.33. The van der Waals surface area contributed by atoms with Crippen molar-refractivity contribution in [3.05, 3.63) is 79.1 Å². The number of rotatable bonds is 1. The van der Waals surface area contributed by atoms with Gasteiger partial charge in [0.05, 0.1) is 10.0 Å². The summed E-state index contributed by atoms with van der Waals surface area (Å²) in [4.78, 5) is 0. The van der Waals surface area contributed by atoms with Crippen LogP contribution in [0.15, 0.2) is 68.0 Å². The molecule has 34 heavy (non-hydrogen) atoms. The first-order valence-corrected chi connectivity index (χ1v) is 11.3. The first-order chi connectivity index (χ1) is 15.5. The molecular formula is C21H18Br3F6N3O. The van der Waals surface area contributed by atoms with Gasteiger partial charge in [-0.15, -0.1) is 13.2 Å². The number of hydrogen-bond acceptors (Lipinski definition) is 4. The Hall–Kier alpha value is -2.12. The number of nitrogen functional groups attached to an aromatic ring is 3. The smallest absolute Gasteiger partial charge is 0.405 e. The molecule has 0 aliphatic carbocycles. The molecule has 0 amide bonds. The summed E-state index contributed by atoms with van der Waals surface area (Å²) >= 11 is 9.19. The van der Waals surface area contributed by atoms with Crippen LogP contribution >= 0.6 is 47.8 Å². The van der Waals surface area contributed by atoms with Gasteiger partial charge in [-0.2, -0.15) is 13.2 Å². The molecule has 0 fully saturated rings. The minimum atomic E-state index is -4.68. The van der Waals surface area contributed by atoms with Crippen LogP contribution in [0.4, 0.5) is 43.4 Å². The molecule has 0 heterocycles. The van der Waals surface area contributed by atoms with Gasteiger partial charge in [-0.25, -0.2) is 0 Å². The van der Waals surface area contributed by atoms with Gasteiger partial charge in [0.25, 0.3) is 0 Å². The molecule has 4 nitrogen and oxygen atoms in total. The number of alkyl halides is 6. The molecule has 0 spiro atoms. The van der Waals surface area contributed by atoms with E-state index in [0.717, 1.165) is 33.9 Å². The topological polar surface area (TPSA) is 87.3 Å². The van der Waals surface area contributed by atoms with Gasteiger partial charge < -0.3 is 21.9 Å². The lowest BCUT2D eigenvalue weighted by molar-refractivity contribution is -0.274. The van der Waals surface area contributed by atoms with E-state index in [-0.39, 0.29) is 15.9 Å². The maximum Gasteiger partial charge on any atom is 0.573 e. The van der Waals surface area contributed by atoms with Gasteiger partial charge in [0.2, 0.25) is 0 Å². The van der Waals surface area contributed by atoms with Gasteiger partial charge in [0.1, 0.15) is 5.75 Å². The fourth-order valence-corrected chi connectivity index (χ4v) is 3.49. The van der Waals surface area contributed by atoms with E-state index in [1.165, 1.54) is 18.2 Å². The zero-order valence-corrected chi connectivity index (χ0v) is 22.0. The van der Waals surface area contributed by atoms with Gasteiger partial charge in [-0.1, -0.05) is 37.9 Å². The molecule has 3 rings (SSSR count). The molecule has 0 atom stereocenters. The second kappa shape index (κ2) is 12.5. The summed E-state index contributed by atoms with van der Waals surface area (Å²) in [6.07, 6.45) is -9.02. The lowest BCUT2D eigenvalue weighted by Gasteiger charge is -2.10. The van der Waals surface area contributed by atoms with E-state index < -0.39 is 18.1 Å². The lowest BCUT2D eigenvalue weighted by atomic mass is 10.2. The molecule has 3 aromatic rings. The molecule has 0 bridgehead atoms. The molecule has 0 aromatic heterocycles. The number of benzene rings is 3. The number of nitrogens with two attached hydrogens (primary N) is 3. The minimum Gasteiger partial charge on any atom is -0.405 e. The average Bonchev–Trinajstić information content (AvgIpc) is 2.67. The van der Waals surface area contributed by atoms with E-state index in [1.54, 1.807) is 0 Å². The average molecular weight is 682 g/mol. The SMILES string of the molecule is Cc1c(N)cccc1Br.Nc1cc(Br)cc(C(F)(F)F)c1.Nc1ccc(OC(F)(F)F)c(Br)c1. The van der Waals surface area contributed by atoms with Crippen LogP contribution in [0.25, 0.3) is 0 Å². The fourth-order valence-electron chi connectivity index (χ4n) is 2.12. The van der Waals surface area contributed by atoms with Gasteiger partial charge in [0, 0.05) is 26.0 Å². The zero-order chi connectivity index (χ0) is 26.3. The van der Waals surface area contributed by atoms with Crippen molar-refractivity contribution in [1.29, 1.82) is 0 Å². The molecule has 0 saturated carbocycles. The fraction of sp³-hybridized carbons (Fsp3) is 0.143. The Morgan fingerprint density at radius 2 is 1.35 bits per heavy atom. The van der Waals surface area contributed by atoms with Gasteiger partial charge in [-0.05, 0) is 76.9 Å². The van der Waals surface area contributed by atoms with Crippen molar-refractivity contribution < 1.29 is 31.1 Å². The second-order valence-corrected chi connectivity index (χ2v) is 9.09. The Kier molecular flexibility index (Phi) is 11.0. The molecule has 0 unspecified atom stereocenters. The summed E-state index contributed by atoms with van der Waals surface area (Å²) in [6, 6.07) is 12.9. The van der Waals surface area contributed by atoms with Crippen molar-refractivity contribution >= 4 is 64.9 Å². The first kappa shape index (κ1) is 29.9. The van der Waals surface area contributed by atoms with E-state index in [1.807, 2.05) is 25.1 Å². The Bertz CT molecular complexity index is 1070. The monoisotopic (exact) mass is 679 g/mol. The third kappa shape index (κ3) is 10.9. The minimum absolute atomic E-state index is 0.0942. The predicted molar refractivity (Wildman–Crippen MR) is 132 cm³/mol. The van der Waals surface area contributed by atoms with Crippen molar-refractivity contribution in [2.24, 2.45) is 0 Å². The lowest BCUT2D eigenvalue weighted by Crippen LogP contribution is -2.17. The summed E-state index contributed by atoms with van der Waals surface area (Å²) in [5.74, 6) is -0.304. The largest absolute Gasteiger partial charge is 0.573 e. The molecule has 0 aliphatic heterocycles. The maximum atomic E-state index is 12.1. The van der Waals surface area contributed by atoms with E-state index >= 15 is 0 Å². The standard InChI is InChI=1S/C7H5BrF3NO.C7H5BrF3N.C7H8BrN/c8-5-3-4(12)1-2-6(5)13-7(9,10)11;8-5-1-4(7(9,10)11)2-6(12)3-5;1-5-6(8)3-2-4-7(5)9/h1-3H,12H2;1-3H,12H2;2-4H,9H2,1H3. The highest BCUT2D eigenvalue weighted by Gasteiger charge is 2.32. The van der Waals surface area contributed by atoms with E-state index in [9.17, 15) is 26.3 Å². The summed E-state index contributed by atoms with van der Waals surface area (Å²) in [5.41, 5.74) is 17.8. The maximum absolute atomic E-state index is 12.1. The Labute approximate surface area is 216 Å². The molecule has 6 N–H and O–H groups in total. The summed E-state index contributed by atoms with van der Waals surface area (Å²) in [7, 11) is 0. The van der Waals surface area contributed by atoms with Crippen LogP contribution in [0.5, 0.6) is 5.75 Å². The normalized spacial score (nSPS) is 11.0. The molecule has 13 heteroatoms. The van der Waals surface area contributed by atoms with Gasteiger partial charge in [0.15, 0.2) is 0 Å². The number of halogens is 9. The second-order valence-electron chi connectivity index (χ2n) is 6.46. The number of ether oxygens (including phenoxy) is 1. The van der Waals surface area contributed by atoms with Crippen LogP contribution in [-0.4, -0.2) is 6.36 Å². The third-order valence-electron chi connectivity index (χ3n) is 3.74. The van der Waals surface area contributed by atoms with E-state index in [0.29, 0.717) is 10.2 Å². The van der Waals surface area contributed by atoms with E-state index in [2.05, 4.69) is 52.5 Å². The molecule has 0 radical (unpaired) electrons. The Morgan fingerprint density at radius 1 is 0.735 bits per heavy atom. The van der Waals surface area contributed by atoms with Crippen LogP contribution < -0.4 is 21.9 Å². The van der Waals surface area contributed by atoms with E-state index in [4.69, 9.17) is 17.2 Å². The van der Waals surface area contributed by atoms with Crippen LogP contribution in [0, 0.1) is 6.92 Å². The number of hydrogen-bond donors (Lipinski definition) is 3. The van der Waals surface area contributed by atoms with Crippen LogP contribution in [0.1, 0.15) is 11.1 Å². The van der Waals surface area contributed by atoms with Crippen LogP contribution in [0.3, 0.4) is 0 Å². The quantitative estimate of drug-likeness (QED) is 0.178.